The number of hydrogen-bond donors (Lipinski definition) is 0. The summed E-state index contributed by atoms with van der Waals surface area (Å²) in [4.78, 5) is 11.2. The van der Waals surface area contributed by atoms with Gasteiger partial charge < -0.3 is 0 Å². The smallest absolute Gasteiger partial charge is 0.275 e. The highest BCUT2D eigenvalue weighted by Gasteiger charge is 2.45. The molecule has 0 radical (unpaired) electrons. The number of nitrogens with zero attached hydrogens (tertiary/aromatic N) is 3. The van der Waals surface area contributed by atoms with Crippen LogP contribution < -0.4 is 0 Å². The maximum absolute atomic E-state index is 11.2. The Labute approximate surface area is 97.3 Å². The molecule has 1 fully saturated rings. The van der Waals surface area contributed by atoms with Crippen molar-refractivity contribution in [1.29, 1.82) is 0 Å². The van der Waals surface area contributed by atoms with Crippen molar-refractivity contribution in [2.75, 3.05) is 0 Å². The van der Waals surface area contributed by atoms with Crippen LogP contribution in [0.1, 0.15) is 23.7 Å². The van der Waals surface area contributed by atoms with Gasteiger partial charge >= 0.3 is 9.24 Å². The number of rotatable bonds is 2. The number of hydrogen-bond acceptors (Lipinski definition) is 4. The Morgan fingerprint density at radius 3 is 2.56 bits per heavy atom. The highest BCUT2D eigenvalue weighted by Crippen LogP contribution is 2.39. The van der Waals surface area contributed by atoms with Gasteiger partial charge in [0, 0.05) is 29.5 Å². The Morgan fingerprint density at radius 2 is 2.19 bits per heavy atom. The van der Waals surface area contributed by atoms with Crippen LogP contribution in [0.3, 0.4) is 0 Å². The zero-order valence-electron chi connectivity index (χ0n) is 8.71. The lowest BCUT2D eigenvalue weighted by atomic mass is 9.98. The number of aromatic nitrogens is 2. The number of carbonyl (C=O) groups excluding carboxylic acids is 1. The molecule has 0 saturated carbocycles. The van der Waals surface area contributed by atoms with Crippen molar-refractivity contribution in [1.82, 2.24) is 14.1 Å². The summed E-state index contributed by atoms with van der Waals surface area (Å²) in [5.74, 6) is -0.483. The fraction of sp³-hybridized carbons (Fsp3) is 0.500. The molecule has 2 heterocycles. The molecule has 0 aliphatic carbocycles. The van der Waals surface area contributed by atoms with Gasteiger partial charge in [-0.2, -0.15) is 13.5 Å². The predicted molar refractivity (Wildman–Crippen MR) is 56.9 cm³/mol. The van der Waals surface area contributed by atoms with Gasteiger partial charge in [0.2, 0.25) is 5.91 Å². The summed E-state index contributed by atoms with van der Waals surface area (Å²) in [6.07, 6.45) is 1.85. The molecule has 0 N–H and O–H groups in total. The van der Waals surface area contributed by atoms with Crippen molar-refractivity contribution in [2.24, 2.45) is 7.05 Å². The van der Waals surface area contributed by atoms with E-state index >= 15 is 0 Å². The van der Waals surface area contributed by atoms with Crippen molar-refractivity contribution in [3.05, 3.63) is 17.5 Å². The molecule has 2 rings (SSSR count). The van der Waals surface area contributed by atoms with Gasteiger partial charge in [-0.05, 0) is 6.92 Å². The molecule has 1 aliphatic heterocycles. The van der Waals surface area contributed by atoms with Crippen molar-refractivity contribution >= 4 is 25.8 Å². The molecule has 1 aromatic heterocycles. The minimum absolute atomic E-state index is 0.151. The van der Waals surface area contributed by atoms with Crippen molar-refractivity contribution in [3.63, 3.8) is 0 Å². The third kappa shape index (κ3) is 1.69. The van der Waals surface area contributed by atoms with E-state index in [1.165, 1.54) is 0 Å². The van der Waals surface area contributed by atoms with E-state index in [9.17, 15) is 13.2 Å². The molecule has 1 aromatic rings. The maximum Gasteiger partial charge on any atom is 0.324 e. The standard InChI is InChI=1S/C8H10ClN3O3S/c1-5-6(4-11(2)10-5)7-3-8(13)12(7)16(9,14)15/h4,7H,3H2,1-2H3. The first kappa shape index (κ1) is 11.4. The van der Waals surface area contributed by atoms with E-state index in [-0.39, 0.29) is 6.42 Å². The minimum atomic E-state index is -4.00. The largest absolute Gasteiger partial charge is 0.324 e. The van der Waals surface area contributed by atoms with Crippen LogP contribution in [0, 0.1) is 6.92 Å². The number of carbonyl (C=O) groups is 1. The first-order valence-corrected chi connectivity index (χ1v) is 6.84. The lowest BCUT2D eigenvalue weighted by Crippen LogP contribution is -2.48. The lowest BCUT2D eigenvalue weighted by Gasteiger charge is -2.36. The summed E-state index contributed by atoms with van der Waals surface area (Å²) in [6, 6.07) is -0.510. The van der Waals surface area contributed by atoms with Crippen LogP contribution in [-0.2, 0) is 21.1 Å². The van der Waals surface area contributed by atoms with Gasteiger partial charge in [-0.15, -0.1) is 0 Å². The Bertz CT molecular complexity index is 551. The quantitative estimate of drug-likeness (QED) is 0.575. The fourth-order valence-corrected chi connectivity index (χ4v) is 3.18. The van der Waals surface area contributed by atoms with Gasteiger partial charge in [-0.25, -0.2) is 4.31 Å². The van der Waals surface area contributed by atoms with Crippen LogP contribution in [0.2, 0.25) is 0 Å². The van der Waals surface area contributed by atoms with Crippen LogP contribution in [0.15, 0.2) is 6.20 Å². The molecule has 1 saturated heterocycles. The van der Waals surface area contributed by atoms with E-state index in [1.54, 1.807) is 24.9 Å². The molecular weight excluding hydrogens is 254 g/mol. The second-order valence-electron chi connectivity index (χ2n) is 3.70. The minimum Gasteiger partial charge on any atom is -0.275 e. The molecule has 1 amide bonds. The second kappa shape index (κ2) is 3.46. The van der Waals surface area contributed by atoms with Crippen molar-refractivity contribution < 1.29 is 13.2 Å². The molecule has 16 heavy (non-hydrogen) atoms. The molecule has 6 nitrogen and oxygen atoms in total. The highest BCUT2D eigenvalue weighted by atomic mass is 35.7. The van der Waals surface area contributed by atoms with E-state index < -0.39 is 21.2 Å². The highest BCUT2D eigenvalue weighted by molar-refractivity contribution is 8.12. The molecule has 88 valence electrons. The van der Waals surface area contributed by atoms with E-state index in [0.29, 0.717) is 15.6 Å². The van der Waals surface area contributed by atoms with Crippen molar-refractivity contribution in [3.8, 4) is 0 Å². The van der Waals surface area contributed by atoms with E-state index in [4.69, 9.17) is 10.7 Å². The topological polar surface area (TPSA) is 72.3 Å². The number of halogens is 1. The Morgan fingerprint density at radius 1 is 1.56 bits per heavy atom. The SMILES string of the molecule is Cc1nn(C)cc1C1CC(=O)N1S(=O)(=O)Cl. The first-order valence-electron chi connectivity index (χ1n) is 4.57. The molecule has 0 aromatic carbocycles. The van der Waals surface area contributed by atoms with Gasteiger partial charge in [0.05, 0.1) is 18.2 Å². The normalized spacial score (nSPS) is 21.1. The summed E-state index contributed by atoms with van der Waals surface area (Å²) >= 11 is 0. The van der Waals surface area contributed by atoms with Gasteiger partial charge in [0.25, 0.3) is 0 Å². The maximum atomic E-state index is 11.2. The van der Waals surface area contributed by atoms with Crippen LogP contribution >= 0.6 is 10.7 Å². The average Bonchev–Trinajstić information content (AvgIpc) is 2.37. The van der Waals surface area contributed by atoms with Crippen LogP contribution in [0.25, 0.3) is 0 Å². The Hall–Kier alpha value is -1.08. The molecule has 0 bridgehead atoms. The third-order valence-electron chi connectivity index (χ3n) is 2.54. The molecule has 1 aliphatic rings. The lowest BCUT2D eigenvalue weighted by molar-refractivity contribution is -0.137. The molecule has 1 atom stereocenters. The average molecular weight is 264 g/mol. The van der Waals surface area contributed by atoms with Crippen LogP contribution in [0.4, 0.5) is 0 Å². The fourth-order valence-electron chi connectivity index (χ4n) is 1.85. The zero-order chi connectivity index (χ0) is 12.1. The van der Waals surface area contributed by atoms with Gasteiger partial charge in [0.1, 0.15) is 0 Å². The number of aryl methyl sites for hydroxylation is 2. The summed E-state index contributed by atoms with van der Waals surface area (Å²) in [5, 5.41) is 4.10. The Balaban J connectivity index is 2.38. The van der Waals surface area contributed by atoms with E-state index in [0.717, 1.165) is 0 Å². The molecular formula is C8H10ClN3O3S. The summed E-state index contributed by atoms with van der Waals surface area (Å²) in [7, 11) is 2.92. The van der Waals surface area contributed by atoms with Gasteiger partial charge in [-0.1, -0.05) is 0 Å². The molecule has 8 heteroatoms. The summed E-state index contributed by atoms with van der Waals surface area (Å²) in [5.41, 5.74) is 1.41. The Kier molecular flexibility index (Phi) is 2.47. The number of amides is 1. The van der Waals surface area contributed by atoms with Gasteiger partial charge in [-0.3, -0.25) is 9.48 Å². The summed E-state index contributed by atoms with van der Waals surface area (Å²) < 4.78 is 24.6. The van der Waals surface area contributed by atoms with Crippen LogP contribution in [-0.4, -0.2) is 28.4 Å². The van der Waals surface area contributed by atoms with Crippen molar-refractivity contribution in [2.45, 2.75) is 19.4 Å². The predicted octanol–water partition coefficient (Wildman–Crippen LogP) is 0.486. The monoisotopic (exact) mass is 263 g/mol. The second-order valence-corrected chi connectivity index (χ2v) is 6.08. The van der Waals surface area contributed by atoms with E-state index in [1.807, 2.05) is 0 Å². The summed E-state index contributed by atoms with van der Waals surface area (Å²) in [6.45, 7) is 1.76. The van der Waals surface area contributed by atoms with E-state index in [2.05, 4.69) is 5.10 Å². The van der Waals surface area contributed by atoms with Gasteiger partial charge in [0.15, 0.2) is 0 Å². The molecule has 0 spiro atoms. The first-order chi connectivity index (χ1) is 7.30. The third-order valence-corrected chi connectivity index (χ3v) is 3.92. The zero-order valence-corrected chi connectivity index (χ0v) is 10.3. The number of β-lactam (4-membered cyclic amide) rings is 1. The molecule has 1 unspecified atom stereocenters. The van der Waals surface area contributed by atoms with Crippen LogP contribution in [0.5, 0.6) is 0 Å².